The Labute approximate surface area is 181 Å². The van der Waals surface area contributed by atoms with Gasteiger partial charge in [0.05, 0.1) is 36.4 Å². The zero-order chi connectivity index (χ0) is 21.1. The van der Waals surface area contributed by atoms with Crippen LogP contribution in [0.5, 0.6) is 0 Å². The number of hydrogen-bond donors (Lipinski definition) is 3. The largest absolute Gasteiger partial charge is 0.378 e. The topological polar surface area (TPSA) is 112 Å². The van der Waals surface area contributed by atoms with E-state index >= 15 is 0 Å². The van der Waals surface area contributed by atoms with Gasteiger partial charge in [-0.15, -0.1) is 0 Å². The predicted molar refractivity (Wildman–Crippen MR) is 114 cm³/mol. The van der Waals surface area contributed by atoms with Crippen molar-refractivity contribution in [2.45, 2.75) is 6.92 Å². The normalized spacial score (nSPS) is 13.9. The Morgan fingerprint density at radius 1 is 1.17 bits per heavy atom. The minimum Gasteiger partial charge on any atom is -0.378 e. The van der Waals surface area contributed by atoms with Gasteiger partial charge in [0.25, 0.3) is 11.8 Å². The number of hydrazine groups is 1. The number of nitrogens with one attached hydrogen (secondary N) is 3. The van der Waals surface area contributed by atoms with E-state index in [-0.39, 0.29) is 0 Å². The lowest BCUT2D eigenvalue weighted by molar-refractivity contribution is 0.0848. The highest BCUT2D eigenvalue weighted by atomic mass is 35.5. The molecule has 3 N–H and O–H groups in total. The first kappa shape index (κ1) is 20.3. The lowest BCUT2D eigenvalue weighted by atomic mass is 10.1. The lowest BCUT2D eigenvalue weighted by Gasteiger charge is -2.25. The number of anilines is 1. The maximum atomic E-state index is 12.6. The number of carbonyl (C=O) groups is 2. The number of amides is 2. The van der Waals surface area contributed by atoms with E-state index < -0.39 is 11.8 Å². The summed E-state index contributed by atoms with van der Waals surface area (Å²) in [6.45, 7) is 4.51. The fourth-order valence-electron chi connectivity index (χ4n) is 3.02. The van der Waals surface area contributed by atoms with Crippen LogP contribution in [0.4, 0.5) is 5.13 Å². The molecule has 1 fully saturated rings. The highest BCUT2D eigenvalue weighted by molar-refractivity contribution is 7.17. The van der Waals surface area contributed by atoms with Crippen molar-refractivity contribution in [1.29, 1.82) is 0 Å². The lowest BCUT2D eigenvalue weighted by Crippen LogP contribution is -2.41. The van der Waals surface area contributed by atoms with Crippen LogP contribution >= 0.6 is 22.9 Å². The number of aryl methyl sites for hydroxylation is 1. The van der Waals surface area contributed by atoms with Crippen LogP contribution in [-0.4, -0.2) is 53.3 Å². The summed E-state index contributed by atoms with van der Waals surface area (Å²) in [7, 11) is 0. The molecule has 3 heterocycles. The summed E-state index contributed by atoms with van der Waals surface area (Å²) in [4.78, 5) is 32.2. The van der Waals surface area contributed by atoms with Crippen molar-refractivity contribution < 1.29 is 14.3 Å². The molecule has 2 amide bonds. The summed E-state index contributed by atoms with van der Waals surface area (Å²) >= 11 is 7.21. The molecule has 0 saturated carbocycles. The minimum absolute atomic E-state index is 0.299. The Balaban J connectivity index is 1.42. The smallest absolute Gasteiger partial charge is 0.281 e. The second kappa shape index (κ2) is 8.82. The van der Waals surface area contributed by atoms with Crippen LogP contribution in [0.1, 0.15) is 25.7 Å². The average molecular weight is 447 g/mol. The Bertz CT molecular complexity index is 1060. The summed E-state index contributed by atoms with van der Waals surface area (Å²) in [6, 6.07) is 7.00. The minimum atomic E-state index is -0.488. The Kier molecular flexibility index (Phi) is 5.98. The molecule has 0 bridgehead atoms. The fraction of sp³-hybridized carbons (Fsp3) is 0.263. The van der Waals surface area contributed by atoms with Gasteiger partial charge in [-0.05, 0) is 19.1 Å². The van der Waals surface area contributed by atoms with Gasteiger partial charge in [-0.2, -0.15) is 5.10 Å². The first-order valence-corrected chi connectivity index (χ1v) is 10.4. The zero-order valence-electron chi connectivity index (χ0n) is 16.1. The predicted octanol–water partition coefficient (Wildman–Crippen LogP) is 2.41. The fourth-order valence-corrected chi connectivity index (χ4v) is 4.16. The number of rotatable bonds is 4. The first-order chi connectivity index (χ1) is 14.5. The van der Waals surface area contributed by atoms with Gasteiger partial charge in [0.15, 0.2) is 5.13 Å². The molecule has 0 unspecified atom stereocenters. The number of carbonyl (C=O) groups excluding carboxylic acids is 2. The van der Waals surface area contributed by atoms with E-state index in [0.717, 1.165) is 23.8 Å². The third-order valence-corrected chi connectivity index (χ3v) is 6.05. The summed E-state index contributed by atoms with van der Waals surface area (Å²) < 4.78 is 5.35. The van der Waals surface area contributed by atoms with Gasteiger partial charge >= 0.3 is 0 Å². The van der Waals surface area contributed by atoms with Crippen LogP contribution in [-0.2, 0) is 4.74 Å². The average Bonchev–Trinajstić information content (AvgIpc) is 3.40. The highest BCUT2D eigenvalue weighted by Gasteiger charge is 2.22. The van der Waals surface area contributed by atoms with E-state index in [1.54, 1.807) is 31.2 Å². The van der Waals surface area contributed by atoms with Crippen LogP contribution in [0.3, 0.4) is 0 Å². The number of ether oxygens (including phenoxy) is 1. The molecule has 1 aliphatic rings. The maximum Gasteiger partial charge on any atom is 0.281 e. The number of thiazole rings is 1. The van der Waals surface area contributed by atoms with Crippen molar-refractivity contribution in [3.8, 4) is 11.3 Å². The van der Waals surface area contributed by atoms with Crippen LogP contribution in [0.2, 0.25) is 5.02 Å². The van der Waals surface area contributed by atoms with Crippen LogP contribution in [0.25, 0.3) is 11.3 Å². The summed E-state index contributed by atoms with van der Waals surface area (Å²) in [5, 5.41) is 8.10. The van der Waals surface area contributed by atoms with Crippen molar-refractivity contribution in [1.82, 2.24) is 26.0 Å². The molecule has 0 spiro atoms. The van der Waals surface area contributed by atoms with E-state index in [4.69, 9.17) is 16.3 Å². The summed E-state index contributed by atoms with van der Waals surface area (Å²) in [6.07, 6.45) is 1.40. The summed E-state index contributed by atoms with van der Waals surface area (Å²) in [5.41, 5.74) is 7.09. The number of aromatic nitrogens is 3. The van der Waals surface area contributed by atoms with Crippen molar-refractivity contribution >= 4 is 39.9 Å². The SMILES string of the molecule is Cc1nc(N2CCOCC2)sc1C(=O)NNC(=O)c1cn[nH]c1-c1ccc(Cl)cc1. The second-order valence-electron chi connectivity index (χ2n) is 6.58. The second-order valence-corrected chi connectivity index (χ2v) is 8.00. The van der Waals surface area contributed by atoms with E-state index in [9.17, 15) is 9.59 Å². The van der Waals surface area contributed by atoms with Crippen molar-refractivity contribution in [3.63, 3.8) is 0 Å². The first-order valence-electron chi connectivity index (χ1n) is 9.23. The summed E-state index contributed by atoms with van der Waals surface area (Å²) in [5.74, 6) is -0.910. The molecule has 9 nitrogen and oxygen atoms in total. The van der Waals surface area contributed by atoms with Gasteiger partial charge in [-0.3, -0.25) is 25.5 Å². The molecular weight excluding hydrogens is 428 g/mol. The molecule has 0 radical (unpaired) electrons. The van der Waals surface area contributed by atoms with Gasteiger partial charge in [0, 0.05) is 23.7 Å². The van der Waals surface area contributed by atoms with Crippen LogP contribution < -0.4 is 15.8 Å². The van der Waals surface area contributed by atoms with Crippen molar-refractivity contribution in [2.75, 3.05) is 31.2 Å². The number of halogens is 1. The van der Waals surface area contributed by atoms with E-state index in [1.165, 1.54) is 17.5 Å². The van der Waals surface area contributed by atoms with Gasteiger partial charge in [0.2, 0.25) is 0 Å². The van der Waals surface area contributed by atoms with E-state index in [2.05, 4.69) is 30.9 Å². The molecule has 156 valence electrons. The Hall–Kier alpha value is -2.95. The molecule has 11 heteroatoms. The molecule has 1 aliphatic heterocycles. The number of nitrogens with zero attached hydrogens (tertiary/aromatic N) is 3. The Morgan fingerprint density at radius 3 is 2.60 bits per heavy atom. The molecule has 2 aromatic heterocycles. The highest BCUT2D eigenvalue weighted by Crippen LogP contribution is 2.27. The molecule has 3 aromatic rings. The molecule has 1 saturated heterocycles. The van der Waals surface area contributed by atoms with Gasteiger partial charge in [0.1, 0.15) is 4.88 Å². The molecule has 0 aliphatic carbocycles. The third-order valence-electron chi connectivity index (χ3n) is 4.58. The number of morpholine rings is 1. The zero-order valence-corrected chi connectivity index (χ0v) is 17.6. The maximum absolute atomic E-state index is 12.6. The molecule has 1 aromatic carbocycles. The van der Waals surface area contributed by atoms with Gasteiger partial charge < -0.3 is 9.64 Å². The monoisotopic (exact) mass is 446 g/mol. The van der Waals surface area contributed by atoms with Gasteiger partial charge in [-0.1, -0.05) is 35.1 Å². The molecule has 0 atom stereocenters. The van der Waals surface area contributed by atoms with Crippen LogP contribution in [0, 0.1) is 6.92 Å². The Morgan fingerprint density at radius 2 is 1.87 bits per heavy atom. The number of aromatic amines is 1. The molecular formula is C19H19ClN6O3S. The van der Waals surface area contributed by atoms with Crippen molar-refractivity contribution in [2.24, 2.45) is 0 Å². The van der Waals surface area contributed by atoms with Gasteiger partial charge in [-0.25, -0.2) is 4.98 Å². The standard InChI is InChI=1S/C19H19ClN6O3S/c1-11-16(30-19(22-11)26-6-8-29-9-7-26)18(28)25-24-17(27)14-10-21-23-15(14)12-2-4-13(20)5-3-12/h2-5,10H,6-9H2,1H3,(H,21,23)(H,24,27)(H,25,28). The van der Waals surface area contributed by atoms with Crippen molar-refractivity contribution in [3.05, 3.63) is 51.6 Å². The molecule has 4 rings (SSSR count). The number of H-pyrrole nitrogens is 1. The third kappa shape index (κ3) is 4.30. The number of benzene rings is 1. The number of hydrogen-bond acceptors (Lipinski definition) is 7. The molecule has 30 heavy (non-hydrogen) atoms. The quantitative estimate of drug-likeness (QED) is 0.530. The van der Waals surface area contributed by atoms with Crippen LogP contribution in [0.15, 0.2) is 30.5 Å². The van der Waals surface area contributed by atoms with E-state index in [1.807, 2.05) is 0 Å². The van der Waals surface area contributed by atoms with E-state index in [0.29, 0.717) is 40.1 Å².